The van der Waals surface area contributed by atoms with Gasteiger partial charge < -0.3 is 9.47 Å². The summed E-state index contributed by atoms with van der Waals surface area (Å²) in [5.74, 6) is 1.44. The van der Waals surface area contributed by atoms with E-state index in [0.29, 0.717) is 23.2 Å². The zero-order valence-electron chi connectivity index (χ0n) is 22.3. The van der Waals surface area contributed by atoms with Crippen molar-refractivity contribution >= 4 is 39.8 Å². The van der Waals surface area contributed by atoms with Crippen LogP contribution in [-0.4, -0.2) is 29.2 Å². The molecule has 5 rings (SSSR count). The molecule has 39 heavy (non-hydrogen) atoms. The standard InChI is InChI=1S/C33H31NO4S/c1-22(2)27-16-15-23(3)19-30(27)37-18-17-34-32(35)31(39-33(34)36)20-25-10-5-7-14-29(25)38-21-26-12-8-11-24-9-4-6-13-28(24)26/h4-16,19-20,22H,17-18,21H2,1-3H3/b31-20-. The number of amides is 2. The minimum absolute atomic E-state index is 0.187. The minimum Gasteiger partial charge on any atom is -0.491 e. The van der Waals surface area contributed by atoms with E-state index in [2.05, 4.69) is 50.2 Å². The normalized spacial score (nSPS) is 14.6. The van der Waals surface area contributed by atoms with Gasteiger partial charge in [0.15, 0.2) is 0 Å². The molecule has 1 aliphatic heterocycles. The number of hydrogen-bond donors (Lipinski definition) is 0. The molecule has 2 amide bonds. The lowest BCUT2D eigenvalue weighted by Crippen LogP contribution is -2.32. The average molecular weight is 538 g/mol. The lowest BCUT2D eigenvalue weighted by atomic mass is 10.0. The first-order valence-electron chi connectivity index (χ1n) is 13.1. The number of hydrogen-bond acceptors (Lipinski definition) is 5. The summed E-state index contributed by atoms with van der Waals surface area (Å²) >= 11 is 0.946. The van der Waals surface area contributed by atoms with E-state index >= 15 is 0 Å². The summed E-state index contributed by atoms with van der Waals surface area (Å²) in [7, 11) is 0. The molecular formula is C33H31NO4S. The van der Waals surface area contributed by atoms with Crippen LogP contribution >= 0.6 is 11.8 Å². The molecule has 198 valence electrons. The molecule has 0 aliphatic carbocycles. The fourth-order valence-corrected chi connectivity index (χ4v) is 5.49. The molecule has 0 saturated carbocycles. The molecule has 0 unspecified atom stereocenters. The molecule has 0 N–H and O–H groups in total. The predicted molar refractivity (Wildman–Crippen MR) is 158 cm³/mol. The Balaban J connectivity index is 1.27. The van der Waals surface area contributed by atoms with Crippen molar-refractivity contribution in [2.45, 2.75) is 33.3 Å². The lowest BCUT2D eigenvalue weighted by Gasteiger charge is -2.17. The summed E-state index contributed by atoms with van der Waals surface area (Å²) in [5.41, 5.74) is 4.04. The van der Waals surface area contributed by atoms with Gasteiger partial charge >= 0.3 is 0 Å². The minimum atomic E-state index is -0.314. The largest absolute Gasteiger partial charge is 0.491 e. The van der Waals surface area contributed by atoms with Gasteiger partial charge in [0.2, 0.25) is 0 Å². The Morgan fingerprint density at radius 3 is 2.49 bits per heavy atom. The molecule has 4 aromatic rings. The number of ether oxygens (including phenoxy) is 2. The van der Waals surface area contributed by atoms with E-state index in [4.69, 9.17) is 9.47 Å². The van der Waals surface area contributed by atoms with Crippen molar-refractivity contribution in [3.63, 3.8) is 0 Å². The van der Waals surface area contributed by atoms with Gasteiger partial charge in [-0.15, -0.1) is 0 Å². The maximum atomic E-state index is 13.1. The van der Waals surface area contributed by atoms with E-state index in [9.17, 15) is 9.59 Å². The third-order valence-electron chi connectivity index (χ3n) is 6.71. The molecule has 6 heteroatoms. The summed E-state index contributed by atoms with van der Waals surface area (Å²) in [6.45, 7) is 7.06. The number of fused-ring (bicyclic) bond motifs is 1. The third kappa shape index (κ3) is 6.02. The highest BCUT2D eigenvalue weighted by molar-refractivity contribution is 8.18. The second-order valence-electron chi connectivity index (χ2n) is 9.84. The number of carbonyl (C=O) groups excluding carboxylic acids is 2. The third-order valence-corrected chi connectivity index (χ3v) is 7.61. The highest BCUT2D eigenvalue weighted by atomic mass is 32.2. The predicted octanol–water partition coefficient (Wildman–Crippen LogP) is 7.97. The number of carbonyl (C=O) groups is 2. The molecule has 0 radical (unpaired) electrons. The quantitative estimate of drug-likeness (QED) is 0.203. The maximum absolute atomic E-state index is 13.1. The monoisotopic (exact) mass is 537 g/mol. The molecule has 0 atom stereocenters. The first-order chi connectivity index (χ1) is 18.9. The lowest BCUT2D eigenvalue weighted by molar-refractivity contribution is -0.123. The van der Waals surface area contributed by atoms with Gasteiger partial charge in [0.1, 0.15) is 24.7 Å². The molecule has 1 fully saturated rings. The Bertz CT molecular complexity index is 1550. The van der Waals surface area contributed by atoms with E-state index < -0.39 is 0 Å². The van der Waals surface area contributed by atoms with Gasteiger partial charge in [0, 0.05) is 5.56 Å². The second-order valence-corrected chi connectivity index (χ2v) is 10.8. The highest BCUT2D eigenvalue weighted by Crippen LogP contribution is 2.34. The van der Waals surface area contributed by atoms with Gasteiger partial charge in [-0.25, -0.2) is 0 Å². The number of imide groups is 1. The van der Waals surface area contributed by atoms with Gasteiger partial charge in [-0.2, -0.15) is 0 Å². The number of nitrogens with zero attached hydrogens (tertiary/aromatic N) is 1. The average Bonchev–Trinajstić information content (AvgIpc) is 3.19. The zero-order chi connectivity index (χ0) is 27.4. The summed E-state index contributed by atoms with van der Waals surface area (Å²) < 4.78 is 12.2. The Morgan fingerprint density at radius 1 is 0.872 bits per heavy atom. The smallest absolute Gasteiger partial charge is 0.293 e. The number of benzene rings is 4. The van der Waals surface area contributed by atoms with E-state index in [-0.39, 0.29) is 24.3 Å². The van der Waals surface area contributed by atoms with Crippen LogP contribution in [0.3, 0.4) is 0 Å². The van der Waals surface area contributed by atoms with Gasteiger partial charge in [0.25, 0.3) is 11.1 Å². The van der Waals surface area contributed by atoms with Crippen LogP contribution in [0.15, 0.2) is 89.8 Å². The zero-order valence-corrected chi connectivity index (χ0v) is 23.2. The fraction of sp³-hybridized carbons (Fsp3) is 0.212. The van der Waals surface area contributed by atoms with Crippen molar-refractivity contribution in [2.24, 2.45) is 0 Å². The number of rotatable bonds is 9. The number of aryl methyl sites for hydroxylation is 1. The van der Waals surface area contributed by atoms with E-state index in [1.807, 2.05) is 55.5 Å². The summed E-state index contributed by atoms with van der Waals surface area (Å²) in [6.07, 6.45) is 1.74. The summed E-state index contributed by atoms with van der Waals surface area (Å²) in [4.78, 5) is 27.5. The van der Waals surface area contributed by atoms with Crippen LogP contribution in [0.25, 0.3) is 16.8 Å². The van der Waals surface area contributed by atoms with E-state index in [1.165, 1.54) is 4.90 Å². The Morgan fingerprint density at radius 2 is 1.64 bits per heavy atom. The van der Waals surface area contributed by atoms with Crippen molar-refractivity contribution in [1.82, 2.24) is 4.90 Å². The van der Waals surface area contributed by atoms with Crippen molar-refractivity contribution in [1.29, 1.82) is 0 Å². The highest BCUT2D eigenvalue weighted by Gasteiger charge is 2.35. The first kappa shape index (κ1) is 26.6. The molecule has 1 heterocycles. The summed E-state index contributed by atoms with van der Waals surface area (Å²) in [6, 6.07) is 28.1. The molecule has 0 aromatic heterocycles. The molecular weight excluding hydrogens is 506 g/mol. The van der Waals surface area contributed by atoms with Crippen LogP contribution in [-0.2, 0) is 11.4 Å². The second kappa shape index (κ2) is 11.8. The SMILES string of the molecule is Cc1ccc(C(C)C)c(OCCN2C(=O)S/C(=C\c3ccccc3OCc3cccc4ccccc34)C2=O)c1. The van der Waals surface area contributed by atoms with Gasteiger partial charge in [-0.05, 0) is 70.3 Å². The van der Waals surface area contributed by atoms with Crippen LogP contribution in [0.1, 0.15) is 42.0 Å². The first-order valence-corrected chi connectivity index (χ1v) is 13.9. The molecule has 0 bridgehead atoms. The van der Waals surface area contributed by atoms with Crippen LogP contribution < -0.4 is 9.47 Å². The topological polar surface area (TPSA) is 55.8 Å². The summed E-state index contributed by atoms with van der Waals surface area (Å²) in [5, 5.41) is 2.01. The molecule has 4 aromatic carbocycles. The Labute approximate surface area is 233 Å². The van der Waals surface area contributed by atoms with Crippen LogP contribution in [0.4, 0.5) is 4.79 Å². The van der Waals surface area contributed by atoms with Crippen LogP contribution in [0.2, 0.25) is 0 Å². The van der Waals surface area contributed by atoms with Gasteiger partial charge in [-0.3, -0.25) is 14.5 Å². The molecule has 0 spiro atoms. The van der Waals surface area contributed by atoms with Crippen molar-refractivity contribution < 1.29 is 19.1 Å². The molecule has 5 nitrogen and oxygen atoms in total. The Kier molecular flexibility index (Phi) is 8.03. The molecule has 1 aliphatic rings. The van der Waals surface area contributed by atoms with Crippen molar-refractivity contribution in [3.8, 4) is 11.5 Å². The number of thioether (sulfide) groups is 1. The fourth-order valence-electron chi connectivity index (χ4n) is 4.63. The van der Waals surface area contributed by atoms with Crippen molar-refractivity contribution in [2.75, 3.05) is 13.2 Å². The van der Waals surface area contributed by atoms with E-state index in [1.54, 1.807) is 6.08 Å². The molecule has 1 saturated heterocycles. The van der Waals surface area contributed by atoms with Crippen LogP contribution in [0.5, 0.6) is 11.5 Å². The van der Waals surface area contributed by atoms with Gasteiger partial charge in [-0.1, -0.05) is 86.6 Å². The van der Waals surface area contributed by atoms with Crippen LogP contribution in [0, 0.1) is 6.92 Å². The number of para-hydroxylation sites is 1. The Hall–Kier alpha value is -4.03. The van der Waals surface area contributed by atoms with Crippen molar-refractivity contribution in [3.05, 3.63) is 112 Å². The maximum Gasteiger partial charge on any atom is 0.293 e. The van der Waals surface area contributed by atoms with E-state index in [0.717, 1.165) is 50.5 Å². The van der Waals surface area contributed by atoms with Gasteiger partial charge in [0.05, 0.1) is 11.4 Å².